The van der Waals surface area contributed by atoms with Gasteiger partial charge >= 0.3 is 0 Å². The number of aromatic nitrogens is 2. The van der Waals surface area contributed by atoms with E-state index in [0.717, 1.165) is 25.9 Å². The summed E-state index contributed by atoms with van der Waals surface area (Å²) in [6, 6.07) is 0.0410. The Bertz CT molecular complexity index is 530. The van der Waals surface area contributed by atoms with Crippen LogP contribution in [0.4, 0.5) is 5.82 Å². The lowest BCUT2D eigenvalue weighted by Gasteiger charge is -2.52. The molecular weight excluding hydrogens is 256 g/mol. The highest BCUT2D eigenvalue weighted by molar-refractivity contribution is 5.36. The van der Waals surface area contributed by atoms with Gasteiger partial charge < -0.3 is 20.4 Å². The average Bonchev–Trinajstić information content (AvgIpc) is 2.48. The zero-order valence-electron chi connectivity index (χ0n) is 11.8. The average molecular weight is 278 g/mol. The van der Waals surface area contributed by atoms with Crippen molar-refractivity contribution >= 4 is 5.82 Å². The fourth-order valence-electron chi connectivity index (χ4n) is 3.25. The van der Waals surface area contributed by atoms with Crippen molar-refractivity contribution in [3.8, 4) is 0 Å². The van der Waals surface area contributed by atoms with E-state index in [1.54, 1.807) is 17.0 Å². The Morgan fingerprint density at radius 3 is 3.25 bits per heavy atom. The molecule has 1 aliphatic heterocycles. The quantitative estimate of drug-likeness (QED) is 0.841. The summed E-state index contributed by atoms with van der Waals surface area (Å²) in [4.78, 5) is 16.4. The van der Waals surface area contributed by atoms with E-state index in [0.29, 0.717) is 18.3 Å². The van der Waals surface area contributed by atoms with Gasteiger partial charge in [-0.15, -0.1) is 0 Å². The maximum absolute atomic E-state index is 12.3. The van der Waals surface area contributed by atoms with E-state index < -0.39 is 0 Å². The molecule has 0 spiro atoms. The number of ether oxygens (including phenoxy) is 1. The summed E-state index contributed by atoms with van der Waals surface area (Å²) in [5, 5.41) is 3.20. The van der Waals surface area contributed by atoms with Crippen LogP contribution in [0.15, 0.2) is 17.2 Å². The Morgan fingerprint density at radius 1 is 1.60 bits per heavy atom. The lowest BCUT2D eigenvalue weighted by atomic mass is 9.68. The number of nitrogens with two attached hydrogens (primary N) is 1. The summed E-state index contributed by atoms with van der Waals surface area (Å²) in [5.41, 5.74) is 6.11. The molecule has 2 aliphatic rings. The lowest BCUT2D eigenvalue weighted by molar-refractivity contribution is -0.104. The van der Waals surface area contributed by atoms with Crippen molar-refractivity contribution in [3.63, 3.8) is 0 Å². The molecule has 1 aromatic heterocycles. The lowest BCUT2D eigenvalue weighted by Crippen LogP contribution is -2.69. The predicted molar refractivity (Wildman–Crippen MR) is 76.6 cm³/mol. The van der Waals surface area contributed by atoms with Gasteiger partial charge in [-0.25, -0.2) is 4.98 Å². The summed E-state index contributed by atoms with van der Waals surface area (Å²) in [5.74, 6) is 0.803. The number of aryl methyl sites for hydroxylation is 1. The van der Waals surface area contributed by atoms with Gasteiger partial charge in [-0.1, -0.05) is 6.92 Å². The summed E-state index contributed by atoms with van der Waals surface area (Å²) < 4.78 is 7.45. The van der Waals surface area contributed by atoms with Gasteiger partial charge in [-0.3, -0.25) is 4.79 Å². The number of hydrogen-bond donors (Lipinski definition) is 2. The predicted octanol–water partition coefficient (Wildman–Crippen LogP) is 0.570. The minimum Gasteiger partial charge on any atom is -0.376 e. The molecule has 1 saturated carbocycles. The molecule has 2 heterocycles. The zero-order chi connectivity index (χ0) is 14.1. The fraction of sp³-hybridized carbons (Fsp3) is 0.714. The second-order valence-electron chi connectivity index (χ2n) is 5.66. The van der Waals surface area contributed by atoms with Crippen molar-refractivity contribution in [3.05, 3.63) is 22.7 Å². The Balaban J connectivity index is 1.75. The molecule has 1 aliphatic carbocycles. The molecule has 3 rings (SSSR count). The first kappa shape index (κ1) is 13.6. The Hall–Kier alpha value is -1.40. The molecule has 4 atom stereocenters. The molecule has 0 bridgehead atoms. The third kappa shape index (κ3) is 2.23. The summed E-state index contributed by atoms with van der Waals surface area (Å²) in [6.45, 7) is 3.53. The van der Waals surface area contributed by atoms with Gasteiger partial charge in [-0.05, 0) is 19.3 Å². The first-order valence-corrected chi connectivity index (χ1v) is 7.41. The van der Waals surface area contributed by atoms with E-state index in [4.69, 9.17) is 10.5 Å². The molecule has 2 fully saturated rings. The molecule has 0 aromatic carbocycles. The second kappa shape index (κ2) is 5.54. The molecule has 1 aromatic rings. The molecular formula is C14H22N4O2. The van der Waals surface area contributed by atoms with Gasteiger partial charge in [0.15, 0.2) is 5.82 Å². The van der Waals surface area contributed by atoms with Crippen LogP contribution in [0.1, 0.15) is 26.2 Å². The Kier molecular flexibility index (Phi) is 3.76. The summed E-state index contributed by atoms with van der Waals surface area (Å²) in [7, 11) is 0. The van der Waals surface area contributed by atoms with Gasteiger partial charge in [-0.2, -0.15) is 0 Å². The van der Waals surface area contributed by atoms with Crippen LogP contribution in [0.2, 0.25) is 0 Å². The topological polar surface area (TPSA) is 82.2 Å². The summed E-state index contributed by atoms with van der Waals surface area (Å²) in [6.07, 6.45) is 6.61. The maximum Gasteiger partial charge on any atom is 0.293 e. The zero-order valence-corrected chi connectivity index (χ0v) is 11.8. The van der Waals surface area contributed by atoms with Crippen LogP contribution in [0, 0.1) is 5.92 Å². The van der Waals surface area contributed by atoms with E-state index in [9.17, 15) is 4.79 Å². The van der Waals surface area contributed by atoms with Crippen LogP contribution in [0.25, 0.3) is 0 Å². The van der Waals surface area contributed by atoms with Crippen molar-refractivity contribution in [2.45, 2.75) is 50.9 Å². The number of fused-ring (bicyclic) bond motifs is 1. The van der Waals surface area contributed by atoms with Crippen molar-refractivity contribution < 1.29 is 4.74 Å². The van der Waals surface area contributed by atoms with Crippen LogP contribution in [-0.2, 0) is 11.3 Å². The highest BCUT2D eigenvalue weighted by Crippen LogP contribution is 2.38. The van der Waals surface area contributed by atoms with Crippen LogP contribution in [0.3, 0.4) is 0 Å². The van der Waals surface area contributed by atoms with E-state index in [2.05, 4.69) is 10.3 Å². The molecule has 6 heteroatoms. The largest absolute Gasteiger partial charge is 0.376 e. The molecule has 110 valence electrons. The third-order valence-electron chi connectivity index (χ3n) is 4.36. The normalized spacial score (nSPS) is 32.3. The highest BCUT2D eigenvalue weighted by atomic mass is 16.5. The highest BCUT2D eigenvalue weighted by Gasteiger charge is 2.50. The molecule has 6 nitrogen and oxygen atoms in total. The van der Waals surface area contributed by atoms with Crippen molar-refractivity contribution in [2.24, 2.45) is 11.7 Å². The van der Waals surface area contributed by atoms with Gasteiger partial charge in [0, 0.05) is 37.5 Å². The van der Waals surface area contributed by atoms with Crippen molar-refractivity contribution in [1.29, 1.82) is 0 Å². The van der Waals surface area contributed by atoms with Crippen LogP contribution in [-0.4, -0.2) is 34.3 Å². The first-order valence-electron chi connectivity index (χ1n) is 7.41. The molecule has 20 heavy (non-hydrogen) atoms. The van der Waals surface area contributed by atoms with Crippen LogP contribution in [0.5, 0.6) is 0 Å². The van der Waals surface area contributed by atoms with Gasteiger partial charge in [0.1, 0.15) is 0 Å². The third-order valence-corrected chi connectivity index (χ3v) is 4.36. The monoisotopic (exact) mass is 278 g/mol. The van der Waals surface area contributed by atoms with Crippen LogP contribution >= 0.6 is 0 Å². The number of rotatable bonds is 4. The standard InChI is InChI=1S/C14H22N4O2/c1-2-6-18-7-5-16-13(14(18)19)17-11-10(15)9-4-3-8-20-12(9)11/h5,7,9-12H,2-4,6,8,15H2,1H3,(H,16,17). The molecule has 1 saturated heterocycles. The number of nitrogens with one attached hydrogen (secondary N) is 1. The molecule has 4 unspecified atom stereocenters. The minimum atomic E-state index is -0.0826. The van der Waals surface area contributed by atoms with Crippen molar-refractivity contribution in [1.82, 2.24) is 9.55 Å². The van der Waals surface area contributed by atoms with Gasteiger partial charge in [0.2, 0.25) is 0 Å². The fourth-order valence-corrected chi connectivity index (χ4v) is 3.25. The Morgan fingerprint density at radius 2 is 2.45 bits per heavy atom. The maximum atomic E-state index is 12.3. The van der Waals surface area contributed by atoms with Gasteiger partial charge in [0.25, 0.3) is 5.56 Å². The molecule has 3 N–H and O–H groups in total. The Labute approximate surface area is 118 Å². The van der Waals surface area contributed by atoms with E-state index in [1.807, 2.05) is 6.92 Å². The van der Waals surface area contributed by atoms with Crippen LogP contribution < -0.4 is 16.6 Å². The minimum absolute atomic E-state index is 0.00187. The number of nitrogens with zero attached hydrogens (tertiary/aromatic N) is 2. The van der Waals surface area contributed by atoms with Crippen molar-refractivity contribution in [2.75, 3.05) is 11.9 Å². The molecule has 0 radical (unpaired) electrons. The summed E-state index contributed by atoms with van der Waals surface area (Å²) >= 11 is 0. The van der Waals surface area contributed by atoms with Gasteiger partial charge in [0.05, 0.1) is 12.1 Å². The molecule has 0 amide bonds. The number of anilines is 1. The second-order valence-corrected chi connectivity index (χ2v) is 5.66. The SMILES string of the molecule is CCCn1ccnc(NC2C(N)C3CCCOC32)c1=O. The van der Waals surface area contributed by atoms with E-state index >= 15 is 0 Å². The smallest absolute Gasteiger partial charge is 0.293 e. The first-order chi connectivity index (χ1) is 9.72. The van der Waals surface area contributed by atoms with E-state index in [-0.39, 0.29) is 23.7 Å². The number of hydrogen-bond acceptors (Lipinski definition) is 5. The van der Waals surface area contributed by atoms with E-state index in [1.165, 1.54) is 0 Å².